The summed E-state index contributed by atoms with van der Waals surface area (Å²) in [5.74, 6) is -1.61. The van der Waals surface area contributed by atoms with Crippen LogP contribution in [0.3, 0.4) is 0 Å². The molecule has 8 heteroatoms. The standard InChI is InChI=1S/C18H18F3NO3S/c1-13(17(23)22-11-14-7-3-2-4-8-14)26(24,25)12-15-9-5-6-10-16(15)18(19,20)21/h2-10,13H,11-12H2,1H3,(H,22,23)/t13-/m1/s1. The third kappa shape index (κ3) is 5.08. The Balaban J connectivity index is 2.11. The van der Waals surface area contributed by atoms with Gasteiger partial charge in [0, 0.05) is 6.54 Å². The van der Waals surface area contributed by atoms with E-state index < -0.39 is 38.5 Å². The first-order chi connectivity index (χ1) is 12.1. The molecule has 1 N–H and O–H groups in total. The molecule has 1 amide bonds. The molecule has 2 aromatic carbocycles. The van der Waals surface area contributed by atoms with E-state index in [2.05, 4.69) is 5.32 Å². The van der Waals surface area contributed by atoms with Crippen LogP contribution in [0.1, 0.15) is 23.6 Å². The largest absolute Gasteiger partial charge is 0.416 e. The quantitative estimate of drug-likeness (QED) is 0.830. The summed E-state index contributed by atoms with van der Waals surface area (Å²) in [5, 5.41) is 1.03. The lowest BCUT2D eigenvalue weighted by molar-refractivity contribution is -0.138. The van der Waals surface area contributed by atoms with Crippen LogP contribution in [0.4, 0.5) is 13.2 Å². The zero-order valence-corrected chi connectivity index (χ0v) is 14.8. The van der Waals surface area contributed by atoms with E-state index in [0.717, 1.165) is 17.7 Å². The molecule has 4 nitrogen and oxygen atoms in total. The maximum Gasteiger partial charge on any atom is 0.416 e. The summed E-state index contributed by atoms with van der Waals surface area (Å²) in [5.41, 5.74) is -0.601. The van der Waals surface area contributed by atoms with Crippen LogP contribution in [-0.2, 0) is 33.1 Å². The van der Waals surface area contributed by atoms with E-state index in [-0.39, 0.29) is 12.1 Å². The van der Waals surface area contributed by atoms with Crippen molar-refractivity contribution in [3.63, 3.8) is 0 Å². The number of carbonyl (C=O) groups excluding carboxylic acids is 1. The molecule has 2 rings (SSSR count). The smallest absolute Gasteiger partial charge is 0.351 e. The van der Waals surface area contributed by atoms with E-state index in [1.807, 2.05) is 0 Å². The molecular formula is C18H18F3NO3S. The fourth-order valence-electron chi connectivity index (χ4n) is 2.36. The summed E-state index contributed by atoms with van der Waals surface area (Å²) < 4.78 is 63.9. The summed E-state index contributed by atoms with van der Waals surface area (Å²) in [7, 11) is -4.11. The van der Waals surface area contributed by atoms with Gasteiger partial charge in [0.25, 0.3) is 0 Å². The topological polar surface area (TPSA) is 63.2 Å². The second kappa shape index (κ2) is 7.90. The number of rotatable bonds is 6. The Morgan fingerprint density at radius 2 is 1.62 bits per heavy atom. The first-order valence-corrected chi connectivity index (χ1v) is 9.51. The summed E-state index contributed by atoms with van der Waals surface area (Å²) in [4.78, 5) is 12.1. The van der Waals surface area contributed by atoms with Gasteiger partial charge in [-0.1, -0.05) is 48.5 Å². The van der Waals surface area contributed by atoms with Crippen molar-refractivity contribution in [1.29, 1.82) is 0 Å². The molecule has 1 atom stereocenters. The maximum atomic E-state index is 13.0. The maximum absolute atomic E-state index is 13.0. The van der Waals surface area contributed by atoms with Crippen molar-refractivity contribution in [2.24, 2.45) is 0 Å². The Kier molecular flexibility index (Phi) is 6.07. The number of hydrogen-bond donors (Lipinski definition) is 1. The van der Waals surface area contributed by atoms with Crippen molar-refractivity contribution in [3.05, 3.63) is 71.3 Å². The van der Waals surface area contributed by atoms with Crippen molar-refractivity contribution in [3.8, 4) is 0 Å². The van der Waals surface area contributed by atoms with Crippen molar-refractivity contribution >= 4 is 15.7 Å². The number of nitrogens with one attached hydrogen (secondary N) is 1. The molecule has 0 heterocycles. The molecule has 0 fully saturated rings. The fourth-order valence-corrected chi connectivity index (χ4v) is 3.70. The van der Waals surface area contributed by atoms with Crippen molar-refractivity contribution in [2.75, 3.05) is 0 Å². The predicted molar refractivity (Wildman–Crippen MR) is 91.8 cm³/mol. The second-order valence-electron chi connectivity index (χ2n) is 5.81. The van der Waals surface area contributed by atoms with Gasteiger partial charge in [-0.15, -0.1) is 0 Å². The van der Waals surface area contributed by atoms with Gasteiger partial charge in [-0.3, -0.25) is 4.79 Å². The Labute approximate surface area is 150 Å². The molecule has 0 spiro atoms. The van der Waals surface area contributed by atoms with Crippen LogP contribution in [0.15, 0.2) is 54.6 Å². The van der Waals surface area contributed by atoms with Gasteiger partial charge in [-0.25, -0.2) is 8.42 Å². The summed E-state index contributed by atoms with van der Waals surface area (Å²) >= 11 is 0. The molecule has 0 aliphatic carbocycles. The molecule has 0 aromatic heterocycles. The van der Waals surface area contributed by atoms with Gasteiger partial charge in [0.15, 0.2) is 9.84 Å². The highest BCUT2D eigenvalue weighted by molar-refractivity contribution is 7.92. The van der Waals surface area contributed by atoms with E-state index in [0.29, 0.717) is 0 Å². The van der Waals surface area contributed by atoms with Gasteiger partial charge in [-0.05, 0) is 24.1 Å². The van der Waals surface area contributed by atoms with Crippen LogP contribution in [0.5, 0.6) is 0 Å². The molecule has 0 aliphatic heterocycles. The number of carbonyl (C=O) groups is 1. The molecule has 26 heavy (non-hydrogen) atoms. The monoisotopic (exact) mass is 385 g/mol. The van der Waals surface area contributed by atoms with Gasteiger partial charge in [0.2, 0.25) is 5.91 Å². The first kappa shape index (κ1) is 20.0. The molecule has 0 radical (unpaired) electrons. The predicted octanol–water partition coefficient (Wildman–Crippen LogP) is 3.33. The van der Waals surface area contributed by atoms with Crippen molar-refractivity contribution < 1.29 is 26.4 Å². The SMILES string of the molecule is C[C@H](C(=O)NCc1ccccc1)S(=O)(=O)Cc1ccccc1C(F)(F)F. The van der Waals surface area contributed by atoms with Crippen LogP contribution in [-0.4, -0.2) is 19.6 Å². The normalized spacial score (nSPS) is 13.2. The molecule has 140 valence electrons. The van der Waals surface area contributed by atoms with Crippen LogP contribution < -0.4 is 5.32 Å². The van der Waals surface area contributed by atoms with Crippen molar-refractivity contribution in [1.82, 2.24) is 5.32 Å². The second-order valence-corrected chi connectivity index (χ2v) is 8.13. The Hall–Kier alpha value is -2.35. The Bertz CT molecular complexity index is 865. The summed E-state index contributed by atoms with van der Waals surface area (Å²) in [6.45, 7) is 1.31. The lowest BCUT2D eigenvalue weighted by Crippen LogP contribution is -2.38. The van der Waals surface area contributed by atoms with Crippen LogP contribution in [0.25, 0.3) is 0 Å². The fraction of sp³-hybridized carbons (Fsp3) is 0.278. The Morgan fingerprint density at radius 3 is 2.23 bits per heavy atom. The van der Waals surface area contributed by atoms with Crippen LogP contribution >= 0.6 is 0 Å². The van der Waals surface area contributed by atoms with E-state index in [4.69, 9.17) is 0 Å². The molecule has 0 bridgehead atoms. The third-order valence-electron chi connectivity index (χ3n) is 3.90. The zero-order chi connectivity index (χ0) is 19.4. The minimum Gasteiger partial charge on any atom is -0.351 e. The number of amides is 1. The molecule has 0 aliphatic rings. The molecule has 2 aromatic rings. The number of benzene rings is 2. The highest BCUT2D eigenvalue weighted by Crippen LogP contribution is 2.33. The molecular weight excluding hydrogens is 367 g/mol. The van der Waals surface area contributed by atoms with E-state index in [1.54, 1.807) is 30.3 Å². The lowest BCUT2D eigenvalue weighted by Gasteiger charge is -2.16. The summed E-state index contributed by atoms with van der Waals surface area (Å²) in [6.07, 6.45) is -4.66. The number of alkyl halides is 3. The minimum atomic E-state index is -4.66. The van der Waals surface area contributed by atoms with E-state index >= 15 is 0 Å². The molecule has 0 saturated heterocycles. The summed E-state index contributed by atoms with van der Waals surface area (Å²) in [6, 6.07) is 13.3. The average molecular weight is 385 g/mol. The van der Waals surface area contributed by atoms with Crippen molar-refractivity contribution in [2.45, 2.75) is 30.6 Å². The lowest BCUT2D eigenvalue weighted by atomic mass is 10.1. The van der Waals surface area contributed by atoms with E-state index in [1.165, 1.54) is 19.1 Å². The number of hydrogen-bond acceptors (Lipinski definition) is 3. The van der Waals surface area contributed by atoms with Crippen LogP contribution in [0, 0.1) is 0 Å². The van der Waals surface area contributed by atoms with Gasteiger partial charge >= 0.3 is 6.18 Å². The highest BCUT2D eigenvalue weighted by atomic mass is 32.2. The van der Waals surface area contributed by atoms with Crippen LogP contribution in [0.2, 0.25) is 0 Å². The average Bonchev–Trinajstić information content (AvgIpc) is 2.59. The molecule has 0 unspecified atom stereocenters. The van der Waals surface area contributed by atoms with Gasteiger partial charge < -0.3 is 5.32 Å². The number of halogens is 3. The Morgan fingerprint density at radius 1 is 1.04 bits per heavy atom. The van der Waals surface area contributed by atoms with E-state index in [9.17, 15) is 26.4 Å². The minimum absolute atomic E-state index is 0.138. The van der Waals surface area contributed by atoms with Gasteiger partial charge in [-0.2, -0.15) is 13.2 Å². The zero-order valence-electron chi connectivity index (χ0n) is 14.0. The van der Waals surface area contributed by atoms with Gasteiger partial charge in [0.05, 0.1) is 11.3 Å². The third-order valence-corrected chi connectivity index (χ3v) is 5.90. The molecule has 0 saturated carbocycles. The number of sulfone groups is 1. The first-order valence-electron chi connectivity index (χ1n) is 7.79. The van der Waals surface area contributed by atoms with Gasteiger partial charge in [0.1, 0.15) is 5.25 Å². The highest BCUT2D eigenvalue weighted by Gasteiger charge is 2.36.